The van der Waals surface area contributed by atoms with Crippen LogP contribution in [0.1, 0.15) is 80.1 Å². The van der Waals surface area contributed by atoms with Crippen molar-refractivity contribution in [1.82, 2.24) is 10.2 Å². The second-order valence-corrected chi connectivity index (χ2v) is 12.7. The van der Waals surface area contributed by atoms with E-state index in [0.29, 0.717) is 24.2 Å². The van der Waals surface area contributed by atoms with Crippen molar-refractivity contribution >= 4 is 18.0 Å². The summed E-state index contributed by atoms with van der Waals surface area (Å²) in [6.07, 6.45) is 9.24. The number of hydrogen-bond acceptors (Lipinski definition) is 7. The molecule has 0 saturated carbocycles. The minimum atomic E-state index is -1.19. The summed E-state index contributed by atoms with van der Waals surface area (Å²) in [5.74, 6) is -0.622. The van der Waals surface area contributed by atoms with Crippen molar-refractivity contribution < 1.29 is 81.3 Å². The second-order valence-electron chi connectivity index (χ2n) is 12.7. The van der Waals surface area contributed by atoms with Gasteiger partial charge in [-0.15, -0.1) is 13.1 Å². The Morgan fingerprint density at radius 2 is 1.83 bits per heavy atom. The van der Waals surface area contributed by atoms with Crippen molar-refractivity contribution in [3.8, 4) is 0 Å². The molecule has 2 rings (SSSR count). The second kappa shape index (κ2) is 23.3. The minimum Gasteiger partial charge on any atom is -1.00 e. The summed E-state index contributed by atoms with van der Waals surface area (Å²) in [5.41, 5.74) is 0.953. The van der Waals surface area contributed by atoms with E-state index in [9.17, 15) is 19.5 Å². The molecule has 2 aliphatic rings. The Balaban J connectivity index is 0. The van der Waals surface area contributed by atoms with Crippen LogP contribution in [0, 0.1) is 39.0 Å². The standard InChI is InChI=1S/C34H56N2O8.CH3.HI.Li/c1-10-28(41-9)25(7)31-34(8,44-31)21-22(4)14-13-15-23(5)30-24(6)16-17-26(43-30)20-29(37)35-27(32(38)39)18-19-42-33(40)36(11-2)12-3;;;/h13-15,22,24-28,30-31H,2-3,10-12,16-21H2,1,4-9H3,(H,35,37)(H,38,39);1H3;1H;/q-2;-1;;+1/p-1/b14-13+,23-15+;;;/t22-,24+,25-,26-,27+,28+,30-,31-,34-;;;/m1.../s1. The average Bonchev–Trinajstić information content (AvgIpc) is 3.64. The van der Waals surface area contributed by atoms with Crippen molar-refractivity contribution in [3.63, 3.8) is 0 Å². The van der Waals surface area contributed by atoms with Gasteiger partial charge in [0.1, 0.15) is 6.04 Å². The molecule has 10 nitrogen and oxygen atoms in total. The predicted octanol–water partition coefficient (Wildman–Crippen LogP) is -0.168. The molecule has 0 bridgehead atoms. The maximum absolute atomic E-state index is 12.8. The van der Waals surface area contributed by atoms with Gasteiger partial charge in [-0.2, -0.15) is 0 Å². The van der Waals surface area contributed by atoms with Crippen molar-refractivity contribution in [1.29, 1.82) is 0 Å². The van der Waals surface area contributed by atoms with E-state index >= 15 is 0 Å². The van der Waals surface area contributed by atoms with Crippen LogP contribution in [0.5, 0.6) is 0 Å². The Morgan fingerprint density at radius 1 is 1.19 bits per heavy atom. The van der Waals surface area contributed by atoms with Gasteiger partial charge in [-0.1, -0.05) is 45.9 Å². The number of epoxide rings is 1. The van der Waals surface area contributed by atoms with Gasteiger partial charge in [0.15, 0.2) is 0 Å². The number of ether oxygens (including phenoxy) is 4. The Morgan fingerprint density at radius 3 is 2.38 bits per heavy atom. The number of nitrogens with one attached hydrogen (secondary N) is 1. The van der Waals surface area contributed by atoms with Crippen LogP contribution < -0.4 is 48.2 Å². The molecule has 47 heavy (non-hydrogen) atoms. The number of hydrogen-bond donors (Lipinski definition) is 2. The zero-order valence-corrected chi connectivity index (χ0v) is 32.4. The summed E-state index contributed by atoms with van der Waals surface area (Å²) in [5, 5.41) is 12.1. The van der Waals surface area contributed by atoms with Gasteiger partial charge in [0, 0.05) is 19.4 Å². The van der Waals surface area contributed by atoms with Gasteiger partial charge in [-0.3, -0.25) is 4.79 Å². The topological polar surface area (TPSA) is 127 Å². The third kappa shape index (κ3) is 15.1. The molecule has 0 aromatic heterocycles. The van der Waals surface area contributed by atoms with Crippen LogP contribution in [0.25, 0.3) is 0 Å². The SMILES string of the molecule is [CH2-]CN(C[CH2-])C(=O)OCC[C@H](NC(=O)C[C@H]1CC[C@H](C)[C@@H](/C(C)=C/C=C/[C@@H](C)C[C@@]2(C)O[C@@H]2[C@H](C)[C@H](CC)OC)O1)C(=O)O.[CH3-].[I-].[Li+]. The van der Waals surface area contributed by atoms with Gasteiger partial charge in [0.2, 0.25) is 5.91 Å². The molecular weight excluding hydrogens is 710 g/mol. The number of allylic oxidation sites excluding steroid dienone is 3. The molecule has 2 amide bonds. The van der Waals surface area contributed by atoms with Gasteiger partial charge in [-0.25, -0.2) is 9.59 Å². The largest absolute Gasteiger partial charge is 1.00 e. The fraction of sp³-hybridized carbons (Fsp3) is 0.714. The number of rotatable bonds is 18. The van der Waals surface area contributed by atoms with Crippen LogP contribution in [0.3, 0.4) is 0 Å². The number of nitrogens with zero attached hydrogens (tertiary/aromatic N) is 1. The molecule has 2 aliphatic heterocycles. The summed E-state index contributed by atoms with van der Waals surface area (Å²) in [7, 11) is 1.77. The van der Waals surface area contributed by atoms with E-state index in [-0.39, 0.29) is 113 Å². The van der Waals surface area contributed by atoms with Crippen LogP contribution in [0.2, 0.25) is 0 Å². The molecule has 12 heteroatoms. The smallest absolute Gasteiger partial charge is 1.00 e. The average molecular weight is 770 g/mol. The molecule has 0 spiro atoms. The minimum absolute atomic E-state index is 0. The third-order valence-corrected chi connectivity index (χ3v) is 8.96. The molecule has 268 valence electrons. The zero-order chi connectivity index (χ0) is 33.0. The predicted molar refractivity (Wildman–Crippen MR) is 176 cm³/mol. The number of carboxylic acids is 1. The van der Waals surface area contributed by atoms with E-state index in [2.05, 4.69) is 72.0 Å². The molecule has 0 unspecified atom stereocenters. The van der Waals surface area contributed by atoms with Crippen LogP contribution in [0.4, 0.5) is 4.79 Å². The maximum atomic E-state index is 12.8. The summed E-state index contributed by atoms with van der Waals surface area (Å²) < 4.78 is 23.2. The van der Waals surface area contributed by atoms with Gasteiger partial charge in [-0.05, 0) is 56.9 Å². The van der Waals surface area contributed by atoms with E-state index in [1.165, 1.54) is 4.90 Å². The Hall–Kier alpha value is -1.10. The molecule has 0 aromatic carbocycles. The molecule has 2 saturated heterocycles. The van der Waals surface area contributed by atoms with Crippen molar-refractivity contribution in [2.24, 2.45) is 17.8 Å². The zero-order valence-electron chi connectivity index (χ0n) is 30.3. The van der Waals surface area contributed by atoms with E-state index in [1.807, 2.05) is 6.92 Å². The van der Waals surface area contributed by atoms with Crippen LogP contribution >= 0.6 is 0 Å². The number of halogens is 1. The first kappa shape index (κ1) is 48.0. The summed E-state index contributed by atoms with van der Waals surface area (Å²) in [6.45, 7) is 20.4. The normalized spacial score (nSPS) is 26.4. The summed E-state index contributed by atoms with van der Waals surface area (Å²) in [6, 6.07) is -1.18. The number of carbonyl (C=O) groups excluding carboxylic acids is 2. The van der Waals surface area contributed by atoms with Gasteiger partial charge >= 0.3 is 30.9 Å². The van der Waals surface area contributed by atoms with E-state index in [1.54, 1.807) is 7.11 Å². The quantitative estimate of drug-likeness (QED) is 0.0648. The van der Waals surface area contributed by atoms with Crippen LogP contribution in [0.15, 0.2) is 23.8 Å². The molecular formula is C35H59ILiN2O8-3. The van der Waals surface area contributed by atoms with E-state index < -0.39 is 24.0 Å². The van der Waals surface area contributed by atoms with E-state index in [4.69, 9.17) is 18.9 Å². The number of aliphatic carboxylic acids is 1. The van der Waals surface area contributed by atoms with Gasteiger partial charge in [0.05, 0.1) is 43.0 Å². The molecule has 2 heterocycles. The summed E-state index contributed by atoms with van der Waals surface area (Å²) >= 11 is 0. The van der Waals surface area contributed by atoms with Crippen molar-refractivity contribution in [3.05, 3.63) is 45.1 Å². The van der Waals surface area contributed by atoms with Crippen molar-refractivity contribution in [2.75, 3.05) is 26.8 Å². The maximum Gasteiger partial charge on any atom is 1.00 e. The molecule has 9 atom stereocenters. The first-order chi connectivity index (χ1) is 20.8. The molecule has 0 aliphatic carbocycles. The fourth-order valence-corrected chi connectivity index (χ4v) is 6.31. The molecule has 0 radical (unpaired) electrons. The van der Waals surface area contributed by atoms with E-state index in [0.717, 1.165) is 24.8 Å². The van der Waals surface area contributed by atoms with Crippen molar-refractivity contribution in [2.45, 2.75) is 116 Å². The monoisotopic (exact) mass is 769 g/mol. The number of methoxy groups -OCH3 is 1. The Labute approximate surface area is 313 Å². The first-order valence-electron chi connectivity index (χ1n) is 16.0. The Bertz CT molecular complexity index is 1010. The molecule has 0 aromatic rings. The van der Waals surface area contributed by atoms with Crippen LogP contribution in [-0.2, 0) is 28.5 Å². The van der Waals surface area contributed by atoms with Gasteiger partial charge in [0.25, 0.3) is 0 Å². The molecule has 2 N–H and O–H groups in total. The summed E-state index contributed by atoms with van der Waals surface area (Å²) in [4.78, 5) is 37.7. The van der Waals surface area contributed by atoms with Gasteiger partial charge < -0.3 is 79.5 Å². The van der Waals surface area contributed by atoms with Crippen LogP contribution in [-0.4, -0.2) is 90.8 Å². The fourth-order valence-electron chi connectivity index (χ4n) is 6.31. The number of carbonyl (C=O) groups is 3. The number of carboxylic acid groups (broad SMARTS) is 1. The number of amides is 2. The molecule has 2 fully saturated rings. The third-order valence-electron chi connectivity index (χ3n) is 8.96. The Kier molecular flexibility index (Phi) is 23.8. The first-order valence-corrected chi connectivity index (χ1v) is 16.0.